The summed E-state index contributed by atoms with van der Waals surface area (Å²) in [5, 5.41) is 15.1. The first-order valence-electron chi connectivity index (χ1n) is 20.3. The fourth-order valence-corrected chi connectivity index (χ4v) is 14.0. The van der Waals surface area contributed by atoms with E-state index in [1.165, 1.54) is 0 Å². The highest BCUT2D eigenvalue weighted by atomic mass is 35.5. The number of benzene rings is 5. The number of fused-ring (bicyclic) bond motifs is 3. The quantitative estimate of drug-likeness (QED) is 0.131. The van der Waals surface area contributed by atoms with E-state index in [1.54, 1.807) is 54.4 Å². The summed E-state index contributed by atoms with van der Waals surface area (Å²) in [6.45, 7) is 7.09. The number of nitrogens with one attached hydrogen (secondary N) is 1. The third-order valence-electron chi connectivity index (χ3n) is 12.9. The number of aliphatic hydroxyl groups is 1. The standard InChI is InChI=1S/C48H50ClN3O7Si/c1-30-45(60(4,5)40-20-18-39(58-3)19-21-40)43(26-44(54)51-28-34-11-7-6-10-33(34)24-37(51)29-53)59-48(30)41-25-35(49)15-22-42(41)52(47(48)56)27-31-9-8-12-36(23-31)50-46(55)32-13-16-38(57-2)17-14-32/h6-23,25,30,37,43,45,53H,24,26-29H2,1-5H3,(H,50,55)/t30-,37+,43+,45-,48+/m1/s1. The molecule has 0 aliphatic carbocycles. The number of nitrogens with zero attached hydrogens (tertiary/aromatic N) is 2. The van der Waals surface area contributed by atoms with Crippen LogP contribution in [-0.2, 0) is 39.4 Å². The Bertz CT molecular complexity index is 2430. The van der Waals surface area contributed by atoms with E-state index >= 15 is 4.79 Å². The van der Waals surface area contributed by atoms with Crippen molar-refractivity contribution in [3.8, 4) is 11.5 Å². The predicted octanol–water partition coefficient (Wildman–Crippen LogP) is 7.71. The summed E-state index contributed by atoms with van der Waals surface area (Å²) in [5.41, 5.74) is 3.81. The summed E-state index contributed by atoms with van der Waals surface area (Å²) in [4.78, 5) is 46.8. The highest BCUT2D eigenvalue weighted by Gasteiger charge is 2.66. The topological polar surface area (TPSA) is 118 Å². The number of carbonyl (C=O) groups is 3. The van der Waals surface area contributed by atoms with Gasteiger partial charge < -0.3 is 34.4 Å². The van der Waals surface area contributed by atoms with Gasteiger partial charge in [0.1, 0.15) is 11.5 Å². The van der Waals surface area contributed by atoms with Gasteiger partial charge >= 0.3 is 0 Å². The van der Waals surface area contributed by atoms with Crippen LogP contribution in [0, 0.1) is 5.92 Å². The third kappa shape index (κ3) is 7.38. The molecule has 2 N–H and O–H groups in total. The van der Waals surface area contributed by atoms with Gasteiger partial charge in [-0.15, -0.1) is 0 Å². The number of halogens is 1. The second-order valence-electron chi connectivity index (χ2n) is 16.6. The molecule has 0 saturated carbocycles. The summed E-state index contributed by atoms with van der Waals surface area (Å²) in [5.74, 6) is 0.428. The van der Waals surface area contributed by atoms with Crippen molar-refractivity contribution < 1.29 is 33.7 Å². The van der Waals surface area contributed by atoms with Crippen LogP contribution in [0.3, 0.4) is 0 Å². The molecule has 60 heavy (non-hydrogen) atoms. The normalized spacial score (nSPS) is 22.1. The Morgan fingerprint density at radius 2 is 1.58 bits per heavy atom. The first kappa shape index (κ1) is 41.3. The lowest BCUT2D eigenvalue weighted by Crippen LogP contribution is -2.52. The maximum absolute atomic E-state index is 15.4. The molecule has 5 aromatic rings. The molecule has 1 fully saturated rings. The fourth-order valence-electron chi connectivity index (χ4n) is 9.85. The van der Waals surface area contributed by atoms with Crippen molar-refractivity contribution in [1.29, 1.82) is 0 Å². The molecule has 10 nitrogen and oxygen atoms in total. The zero-order chi connectivity index (χ0) is 42.3. The SMILES string of the molecule is COc1ccc(C(=O)Nc2cccc(CN3C(=O)[C@@]4(O[C@@H](CC(=O)N5Cc6ccccc6C[C@H]5CO)[C@H]([Si](C)(C)c5ccc(OC)cc5)[C@H]4C)c4cc(Cl)ccc43)c2)cc1. The average Bonchev–Trinajstić information content (AvgIpc) is 3.68. The first-order chi connectivity index (χ1) is 28.9. The van der Waals surface area contributed by atoms with Gasteiger partial charge in [-0.05, 0) is 95.4 Å². The maximum atomic E-state index is 15.4. The molecule has 3 aliphatic rings. The molecule has 3 heterocycles. The van der Waals surface area contributed by atoms with Gasteiger partial charge in [0.25, 0.3) is 11.8 Å². The molecule has 5 aromatic carbocycles. The van der Waals surface area contributed by atoms with Crippen LogP contribution in [-0.4, -0.2) is 68.8 Å². The summed E-state index contributed by atoms with van der Waals surface area (Å²) in [6.07, 6.45) is -0.0212. The van der Waals surface area contributed by atoms with Gasteiger partial charge in [0.05, 0.1) is 59.7 Å². The predicted molar refractivity (Wildman–Crippen MR) is 236 cm³/mol. The molecule has 5 atom stereocenters. The molecule has 8 rings (SSSR count). The largest absolute Gasteiger partial charge is 0.497 e. The van der Waals surface area contributed by atoms with Crippen LogP contribution >= 0.6 is 11.6 Å². The van der Waals surface area contributed by atoms with Crippen LogP contribution in [0.25, 0.3) is 0 Å². The minimum Gasteiger partial charge on any atom is -0.497 e. The van der Waals surface area contributed by atoms with Crippen molar-refractivity contribution in [3.05, 3.63) is 148 Å². The Kier molecular flexibility index (Phi) is 11.4. The number of carbonyl (C=O) groups excluding carboxylic acids is 3. The Balaban J connectivity index is 1.14. The van der Waals surface area contributed by atoms with E-state index < -0.39 is 19.8 Å². The maximum Gasteiger partial charge on any atom is 0.264 e. The molecule has 3 amide bonds. The lowest BCUT2D eigenvalue weighted by atomic mass is 9.82. The van der Waals surface area contributed by atoms with E-state index in [9.17, 15) is 14.7 Å². The lowest BCUT2D eigenvalue weighted by Gasteiger charge is -2.39. The summed E-state index contributed by atoms with van der Waals surface area (Å²) in [6, 6.07) is 35.6. The molecular weight excluding hydrogens is 794 g/mol. The minimum atomic E-state index is -2.57. The second kappa shape index (κ2) is 16.5. The molecular formula is C48H50ClN3O7Si. The van der Waals surface area contributed by atoms with Crippen molar-refractivity contribution in [2.24, 2.45) is 5.92 Å². The number of anilines is 2. The molecule has 1 saturated heterocycles. The van der Waals surface area contributed by atoms with Gasteiger partial charge in [-0.2, -0.15) is 0 Å². The van der Waals surface area contributed by atoms with Gasteiger partial charge in [0, 0.05) is 34.3 Å². The van der Waals surface area contributed by atoms with Crippen molar-refractivity contribution in [2.75, 3.05) is 31.0 Å². The molecule has 12 heteroatoms. The summed E-state index contributed by atoms with van der Waals surface area (Å²) >= 11 is 6.75. The third-order valence-corrected chi connectivity index (χ3v) is 17.5. The highest BCUT2D eigenvalue weighted by molar-refractivity contribution is 6.91. The zero-order valence-corrected chi connectivity index (χ0v) is 36.2. The van der Waals surface area contributed by atoms with Gasteiger partial charge in [-0.3, -0.25) is 14.4 Å². The molecule has 0 unspecified atom stereocenters. The molecule has 310 valence electrons. The number of ether oxygens (including phenoxy) is 3. The number of hydrogen-bond donors (Lipinski definition) is 2. The van der Waals surface area contributed by atoms with E-state index in [0.717, 1.165) is 27.6 Å². The monoisotopic (exact) mass is 843 g/mol. The summed E-state index contributed by atoms with van der Waals surface area (Å²) in [7, 11) is 0.648. The lowest BCUT2D eigenvalue weighted by molar-refractivity contribution is -0.151. The number of methoxy groups -OCH3 is 2. The molecule has 0 radical (unpaired) electrons. The van der Waals surface area contributed by atoms with Crippen molar-refractivity contribution in [2.45, 2.75) is 69.2 Å². The highest BCUT2D eigenvalue weighted by Crippen LogP contribution is 2.60. The van der Waals surface area contributed by atoms with E-state index in [4.69, 9.17) is 25.8 Å². The smallest absolute Gasteiger partial charge is 0.264 e. The van der Waals surface area contributed by atoms with Crippen LogP contribution < -0.4 is 24.9 Å². The Morgan fingerprint density at radius 3 is 2.27 bits per heavy atom. The zero-order valence-electron chi connectivity index (χ0n) is 34.5. The number of hydrogen-bond acceptors (Lipinski definition) is 7. The van der Waals surface area contributed by atoms with Crippen molar-refractivity contribution >= 4 is 54.0 Å². The first-order valence-corrected chi connectivity index (χ1v) is 23.8. The van der Waals surface area contributed by atoms with Gasteiger partial charge in [0.15, 0.2) is 5.60 Å². The van der Waals surface area contributed by atoms with E-state index in [2.05, 4.69) is 43.5 Å². The Hall–Kier alpha value is -5.46. The van der Waals surface area contributed by atoms with Gasteiger partial charge in [0.2, 0.25) is 5.91 Å². The van der Waals surface area contributed by atoms with E-state index in [-0.39, 0.29) is 54.8 Å². The van der Waals surface area contributed by atoms with Crippen LogP contribution in [0.2, 0.25) is 23.7 Å². The minimum absolute atomic E-state index is 0.0428. The Morgan fingerprint density at radius 1 is 0.900 bits per heavy atom. The van der Waals surface area contributed by atoms with Crippen molar-refractivity contribution in [1.82, 2.24) is 4.90 Å². The average molecular weight is 844 g/mol. The molecule has 3 aliphatic heterocycles. The van der Waals surface area contributed by atoms with Crippen LogP contribution in [0.5, 0.6) is 11.5 Å². The molecule has 0 bridgehead atoms. The fraction of sp³-hybridized carbons (Fsp3) is 0.312. The van der Waals surface area contributed by atoms with E-state index in [0.29, 0.717) is 46.2 Å². The number of rotatable bonds is 11. The van der Waals surface area contributed by atoms with E-state index in [1.807, 2.05) is 66.7 Å². The molecule has 1 spiro atoms. The van der Waals surface area contributed by atoms with Crippen LogP contribution in [0.15, 0.2) is 115 Å². The summed E-state index contributed by atoms with van der Waals surface area (Å²) < 4.78 is 18.0. The number of amides is 3. The van der Waals surface area contributed by atoms with Crippen LogP contribution in [0.1, 0.15) is 46.0 Å². The Labute approximate surface area is 357 Å². The van der Waals surface area contributed by atoms with Gasteiger partial charge in [-0.25, -0.2) is 0 Å². The van der Waals surface area contributed by atoms with Gasteiger partial charge in [-0.1, -0.05) is 85.3 Å². The number of aliphatic hydroxyl groups excluding tert-OH is 1. The van der Waals surface area contributed by atoms with Crippen molar-refractivity contribution in [3.63, 3.8) is 0 Å². The molecule has 0 aromatic heterocycles. The second-order valence-corrected chi connectivity index (χ2v) is 21.8. The van der Waals surface area contributed by atoms with Crippen LogP contribution in [0.4, 0.5) is 11.4 Å².